The lowest BCUT2D eigenvalue weighted by Gasteiger charge is -2.41. The van der Waals surface area contributed by atoms with Crippen molar-refractivity contribution in [1.29, 1.82) is 0 Å². The van der Waals surface area contributed by atoms with Gasteiger partial charge < -0.3 is 5.32 Å². The predicted octanol–water partition coefficient (Wildman–Crippen LogP) is 1.75. The first-order chi connectivity index (χ1) is 7.78. The van der Waals surface area contributed by atoms with Crippen LogP contribution in [0.15, 0.2) is 12.3 Å². The van der Waals surface area contributed by atoms with Crippen LogP contribution in [0.3, 0.4) is 0 Å². The number of anilines is 2. The predicted molar refractivity (Wildman–Crippen MR) is 64.9 cm³/mol. The molecule has 1 heterocycles. The summed E-state index contributed by atoms with van der Waals surface area (Å²) in [7, 11) is 0. The molecule has 2 rings (SSSR count). The van der Waals surface area contributed by atoms with E-state index in [2.05, 4.69) is 27.6 Å². The summed E-state index contributed by atoms with van der Waals surface area (Å²) in [5, 5.41) is 3.37. The first kappa shape index (κ1) is 11.1. The van der Waals surface area contributed by atoms with Gasteiger partial charge in [0.25, 0.3) is 0 Å². The fourth-order valence-electron chi connectivity index (χ4n) is 2.14. The number of rotatable bonds is 5. The first-order valence-electron chi connectivity index (χ1n) is 5.81. The van der Waals surface area contributed by atoms with Crippen LogP contribution in [-0.4, -0.2) is 16.5 Å². The topological polar surface area (TPSA) is 75.9 Å². The minimum atomic E-state index is 0.448. The smallest absolute Gasteiger partial charge is 0.239 e. The van der Waals surface area contributed by atoms with Gasteiger partial charge in [-0.25, -0.2) is 10.8 Å². The Balaban J connectivity index is 1.93. The average Bonchev–Trinajstić information content (AvgIpc) is 2.29. The van der Waals surface area contributed by atoms with Crippen LogP contribution < -0.4 is 16.6 Å². The number of nitrogens with one attached hydrogen (secondary N) is 2. The Morgan fingerprint density at radius 3 is 2.88 bits per heavy atom. The van der Waals surface area contributed by atoms with Gasteiger partial charge in [0.2, 0.25) is 5.95 Å². The lowest BCUT2D eigenvalue weighted by molar-refractivity contribution is 0.145. The second kappa shape index (κ2) is 4.65. The molecule has 1 aliphatic carbocycles. The van der Waals surface area contributed by atoms with Gasteiger partial charge in [-0.15, -0.1) is 0 Å². The van der Waals surface area contributed by atoms with Gasteiger partial charge in [-0.05, 0) is 30.7 Å². The van der Waals surface area contributed by atoms with Gasteiger partial charge in [0.05, 0.1) is 0 Å². The second-order valence-corrected chi connectivity index (χ2v) is 4.47. The maximum atomic E-state index is 5.26. The number of hydrogen-bond donors (Lipinski definition) is 3. The third kappa shape index (κ3) is 2.24. The van der Waals surface area contributed by atoms with Crippen molar-refractivity contribution in [2.24, 2.45) is 11.3 Å². The lowest BCUT2D eigenvalue weighted by Crippen LogP contribution is -2.36. The monoisotopic (exact) mass is 221 g/mol. The third-order valence-electron chi connectivity index (χ3n) is 3.59. The van der Waals surface area contributed by atoms with Gasteiger partial charge in [-0.3, -0.25) is 5.43 Å². The molecule has 0 unspecified atom stereocenters. The fraction of sp³-hybridized carbons (Fsp3) is 0.636. The highest BCUT2D eigenvalue weighted by Gasteiger charge is 2.34. The lowest BCUT2D eigenvalue weighted by atomic mass is 9.67. The quantitative estimate of drug-likeness (QED) is 0.521. The molecule has 0 aromatic carbocycles. The Kier molecular flexibility index (Phi) is 3.24. The Morgan fingerprint density at radius 2 is 2.31 bits per heavy atom. The van der Waals surface area contributed by atoms with Gasteiger partial charge in [-0.1, -0.05) is 13.3 Å². The number of nitrogens with two attached hydrogens (primary N) is 1. The minimum absolute atomic E-state index is 0.448. The number of nitrogens with zero attached hydrogens (tertiary/aromatic N) is 2. The van der Waals surface area contributed by atoms with Crippen molar-refractivity contribution >= 4 is 11.8 Å². The summed E-state index contributed by atoms with van der Waals surface area (Å²) in [6, 6.07) is 1.86. The molecule has 0 atom stereocenters. The molecule has 0 spiro atoms. The molecule has 4 N–H and O–H groups in total. The molecule has 0 saturated heterocycles. The highest BCUT2D eigenvalue weighted by atomic mass is 15.3. The molecule has 5 nitrogen and oxygen atoms in total. The molecule has 1 fully saturated rings. The summed E-state index contributed by atoms with van der Waals surface area (Å²) in [4.78, 5) is 8.20. The Hall–Kier alpha value is -1.36. The van der Waals surface area contributed by atoms with E-state index in [-0.39, 0.29) is 0 Å². The van der Waals surface area contributed by atoms with Crippen LogP contribution >= 0.6 is 0 Å². The molecule has 0 aliphatic heterocycles. The molecule has 1 aromatic rings. The van der Waals surface area contributed by atoms with Gasteiger partial charge in [0.15, 0.2) is 0 Å². The van der Waals surface area contributed by atoms with Crippen LogP contribution in [0.25, 0.3) is 0 Å². The molecule has 1 saturated carbocycles. The van der Waals surface area contributed by atoms with E-state index in [1.165, 1.54) is 25.7 Å². The largest absolute Gasteiger partial charge is 0.369 e. The first-order valence-corrected chi connectivity index (χ1v) is 5.81. The van der Waals surface area contributed by atoms with Gasteiger partial charge >= 0.3 is 0 Å². The number of aromatic nitrogens is 2. The van der Waals surface area contributed by atoms with E-state index >= 15 is 0 Å². The second-order valence-electron chi connectivity index (χ2n) is 4.47. The van der Waals surface area contributed by atoms with E-state index in [1.807, 2.05) is 6.07 Å². The van der Waals surface area contributed by atoms with Crippen LogP contribution in [0.5, 0.6) is 0 Å². The van der Waals surface area contributed by atoms with Crippen molar-refractivity contribution in [3.63, 3.8) is 0 Å². The summed E-state index contributed by atoms with van der Waals surface area (Å²) >= 11 is 0. The van der Waals surface area contributed by atoms with Crippen LogP contribution in [0.2, 0.25) is 0 Å². The van der Waals surface area contributed by atoms with E-state index in [9.17, 15) is 0 Å². The van der Waals surface area contributed by atoms with Crippen molar-refractivity contribution in [2.45, 2.75) is 32.6 Å². The Morgan fingerprint density at radius 1 is 1.50 bits per heavy atom. The summed E-state index contributed by atoms with van der Waals surface area (Å²) in [5.41, 5.74) is 2.93. The maximum Gasteiger partial charge on any atom is 0.239 e. The summed E-state index contributed by atoms with van der Waals surface area (Å²) in [6.45, 7) is 3.25. The molecular weight excluding hydrogens is 202 g/mol. The zero-order chi connectivity index (χ0) is 11.4. The van der Waals surface area contributed by atoms with Crippen LogP contribution in [0, 0.1) is 5.41 Å². The van der Waals surface area contributed by atoms with Crippen molar-refractivity contribution in [1.82, 2.24) is 9.97 Å². The Bertz CT molecular complexity index is 342. The molecule has 16 heavy (non-hydrogen) atoms. The van der Waals surface area contributed by atoms with Crippen molar-refractivity contribution in [2.75, 3.05) is 17.3 Å². The van der Waals surface area contributed by atoms with Gasteiger partial charge in [-0.2, -0.15) is 4.98 Å². The van der Waals surface area contributed by atoms with Gasteiger partial charge in [0, 0.05) is 12.7 Å². The number of hydrazine groups is 1. The van der Waals surface area contributed by atoms with E-state index < -0.39 is 0 Å². The molecule has 5 heteroatoms. The zero-order valence-electron chi connectivity index (χ0n) is 9.66. The third-order valence-corrected chi connectivity index (χ3v) is 3.59. The average molecular weight is 221 g/mol. The normalized spacial score (nSPS) is 17.6. The molecule has 88 valence electrons. The number of hydrogen-bond acceptors (Lipinski definition) is 5. The van der Waals surface area contributed by atoms with Crippen LogP contribution in [0.1, 0.15) is 32.6 Å². The molecule has 1 aliphatic rings. The molecule has 0 amide bonds. The highest BCUT2D eigenvalue weighted by Crippen LogP contribution is 2.43. The fourth-order valence-corrected chi connectivity index (χ4v) is 2.14. The SMILES string of the molecule is CCC1(CNc2ccnc(NN)n2)CCC1. The van der Waals surface area contributed by atoms with Crippen molar-refractivity contribution in [3.05, 3.63) is 12.3 Å². The summed E-state index contributed by atoms with van der Waals surface area (Å²) in [6.07, 6.45) is 6.93. The van der Waals surface area contributed by atoms with Crippen molar-refractivity contribution < 1.29 is 0 Å². The highest BCUT2D eigenvalue weighted by molar-refractivity contribution is 5.39. The van der Waals surface area contributed by atoms with Gasteiger partial charge in [0.1, 0.15) is 5.82 Å². The maximum absolute atomic E-state index is 5.26. The van der Waals surface area contributed by atoms with E-state index in [0.717, 1.165) is 12.4 Å². The molecule has 1 aromatic heterocycles. The molecule has 0 bridgehead atoms. The van der Waals surface area contributed by atoms with Crippen LogP contribution in [0.4, 0.5) is 11.8 Å². The molecular formula is C11H19N5. The van der Waals surface area contributed by atoms with E-state index in [1.54, 1.807) is 6.20 Å². The van der Waals surface area contributed by atoms with E-state index in [4.69, 9.17) is 5.84 Å². The Labute approximate surface area is 95.8 Å². The summed E-state index contributed by atoms with van der Waals surface area (Å²) in [5.74, 6) is 6.55. The standard InChI is InChI=1S/C11H19N5/c1-2-11(5-3-6-11)8-14-9-4-7-13-10(15-9)16-12/h4,7H,2-3,5-6,8,12H2,1H3,(H2,13,14,15,16). The minimum Gasteiger partial charge on any atom is -0.369 e. The van der Waals surface area contributed by atoms with Crippen LogP contribution in [-0.2, 0) is 0 Å². The molecule has 0 radical (unpaired) electrons. The number of nitrogen functional groups attached to an aromatic ring is 1. The zero-order valence-corrected chi connectivity index (χ0v) is 9.66. The van der Waals surface area contributed by atoms with E-state index in [0.29, 0.717) is 11.4 Å². The summed E-state index contributed by atoms with van der Waals surface area (Å²) < 4.78 is 0. The van der Waals surface area contributed by atoms with Crippen molar-refractivity contribution in [3.8, 4) is 0 Å².